The van der Waals surface area contributed by atoms with Crippen molar-refractivity contribution in [2.24, 2.45) is 5.92 Å². The lowest BCUT2D eigenvalue weighted by Gasteiger charge is -2.27. The number of carbonyl (C=O) groups is 2. The average Bonchev–Trinajstić information content (AvgIpc) is 3.12. The number of rotatable bonds is 7. The summed E-state index contributed by atoms with van der Waals surface area (Å²) in [5, 5.41) is 10.7. The molecular weight excluding hydrogens is 328 g/mol. The summed E-state index contributed by atoms with van der Waals surface area (Å²) in [7, 11) is 1.31. The van der Waals surface area contributed by atoms with Gasteiger partial charge in [-0.25, -0.2) is 0 Å². The van der Waals surface area contributed by atoms with Gasteiger partial charge in [0.15, 0.2) is 0 Å². The van der Waals surface area contributed by atoms with Crippen LogP contribution in [-0.2, 0) is 14.3 Å². The fraction of sp³-hybridized carbons (Fsp3) is 0.529. The molecule has 0 N–H and O–H groups in total. The number of nitro groups is 1. The van der Waals surface area contributed by atoms with Gasteiger partial charge in [0.05, 0.1) is 24.1 Å². The van der Waals surface area contributed by atoms with Crippen LogP contribution >= 0.6 is 0 Å². The second kappa shape index (κ2) is 8.57. The van der Waals surface area contributed by atoms with Crippen LogP contribution in [0.2, 0.25) is 0 Å². The third-order valence-corrected chi connectivity index (χ3v) is 4.16. The van der Waals surface area contributed by atoms with Crippen molar-refractivity contribution in [3.8, 4) is 0 Å². The molecule has 2 rings (SSSR count). The lowest BCUT2D eigenvalue weighted by Crippen LogP contribution is -2.41. The number of hydrogen-bond donors (Lipinski definition) is 0. The largest absolute Gasteiger partial charge is 0.469 e. The van der Waals surface area contributed by atoms with Gasteiger partial charge in [-0.3, -0.25) is 19.7 Å². The van der Waals surface area contributed by atoms with E-state index in [0.29, 0.717) is 18.7 Å². The molecule has 1 aromatic rings. The third-order valence-electron chi connectivity index (χ3n) is 4.16. The Balaban J connectivity index is 2.15. The predicted molar refractivity (Wildman–Crippen MR) is 89.2 cm³/mol. The summed E-state index contributed by atoms with van der Waals surface area (Å²) in [5.74, 6) is -1.16. The van der Waals surface area contributed by atoms with E-state index in [1.165, 1.54) is 31.4 Å². The molecule has 8 nitrogen and oxygen atoms in total. The van der Waals surface area contributed by atoms with Gasteiger partial charge in [0, 0.05) is 37.4 Å². The van der Waals surface area contributed by atoms with Crippen LogP contribution in [0.1, 0.15) is 30.1 Å². The van der Waals surface area contributed by atoms with Crippen molar-refractivity contribution >= 4 is 17.6 Å². The molecule has 0 aliphatic carbocycles. The zero-order chi connectivity index (χ0) is 18.4. The smallest absolute Gasteiger partial charge is 0.310 e. The van der Waals surface area contributed by atoms with E-state index in [-0.39, 0.29) is 24.2 Å². The van der Waals surface area contributed by atoms with Gasteiger partial charge in [0.2, 0.25) is 0 Å². The first-order chi connectivity index (χ1) is 11.9. The Bertz CT molecular complexity index is 625. The Kier molecular flexibility index (Phi) is 6.46. The number of hydrogen-bond acceptors (Lipinski definition) is 6. The van der Waals surface area contributed by atoms with Gasteiger partial charge in [-0.05, 0) is 25.0 Å². The number of benzene rings is 1. The monoisotopic (exact) mass is 350 g/mol. The van der Waals surface area contributed by atoms with E-state index in [1.54, 1.807) is 11.8 Å². The summed E-state index contributed by atoms with van der Waals surface area (Å²) in [5.41, 5.74) is 0.255. The zero-order valence-electron chi connectivity index (χ0n) is 14.3. The molecule has 1 amide bonds. The predicted octanol–water partition coefficient (Wildman–Crippen LogP) is 2.03. The van der Waals surface area contributed by atoms with E-state index >= 15 is 0 Å². The van der Waals surface area contributed by atoms with E-state index in [9.17, 15) is 19.7 Å². The van der Waals surface area contributed by atoms with Gasteiger partial charge in [-0.1, -0.05) is 6.92 Å². The van der Waals surface area contributed by atoms with Crippen molar-refractivity contribution in [3.63, 3.8) is 0 Å². The minimum atomic E-state index is -0.516. The Morgan fingerprint density at radius 2 is 2.08 bits per heavy atom. The molecule has 2 atom stereocenters. The summed E-state index contributed by atoms with van der Waals surface area (Å²) in [4.78, 5) is 36.3. The number of methoxy groups -OCH3 is 1. The molecule has 8 heteroatoms. The molecular formula is C17H22N2O6. The van der Waals surface area contributed by atoms with Crippen LogP contribution in [0.25, 0.3) is 0 Å². The van der Waals surface area contributed by atoms with Gasteiger partial charge >= 0.3 is 5.97 Å². The molecule has 2 unspecified atom stereocenters. The maximum atomic E-state index is 12.8. The number of nitrogens with zero attached hydrogens (tertiary/aromatic N) is 2. The quantitative estimate of drug-likeness (QED) is 0.424. The molecule has 1 aliphatic heterocycles. The van der Waals surface area contributed by atoms with Crippen molar-refractivity contribution in [2.45, 2.75) is 25.9 Å². The molecule has 25 heavy (non-hydrogen) atoms. The molecule has 1 fully saturated rings. The van der Waals surface area contributed by atoms with Crippen LogP contribution in [0.3, 0.4) is 0 Å². The van der Waals surface area contributed by atoms with E-state index in [1.807, 2.05) is 0 Å². The van der Waals surface area contributed by atoms with Crippen molar-refractivity contribution in [3.05, 3.63) is 39.9 Å². The van der Waals surface area contributed by atoms with E-state index in [2.05, 4.69) is 0 Å². The van der Waals surface area contributed by atoms with Crippen LogP contribution in [0, 0.1) is 16.0 Å². The summed E-state index contributed by atoms with van der Waals surface area (Å²) in [6.45, 7) is 2.92. The standard InChI is InChI=1S/C17H22N2O6/c1-12(17(21)24-2)10-18(11-15-4-3-9-25-15)16(20)13-5-7-14(8-6-13)19(22)23/h5-8,12,15H,3-4,9-11H2,1-2H3. The van der Waals surface area contributed by atoms with E-state index in [0.717, 1.165) is 12.8 Å². The van der Waals surface area contributed by atoms with Crippen molar-refractivity contribution in [1.82, 2.24) is 4.90 Å². The first-order valence-electron chi connectivity index (χ1n) is 8.15. The Morgan fingerprint density at radius 3 is 2.60 bits per heavy atom. The van der Waals surface area contributed by atoms with Crippen LogP contribution < -0.4 is 0 Å². The highest BCUT2D eigenvalue weighted by molar-refractivity contribution is 5.94. The minimum absolute atomic E-state index is 0.0631. The van der Waals surface area contributed by atoms with Crippen LogP contribution in [0.15, 0.2) is 24.3 Å². The topological polar surface area (TPSA) is 99.0 Å². The average molecular weight is 350 g/mol. The summed E-state index contributed by atoms with van der Waals surface area (Å²) < 4.78 is 10.3. The molecule has 0 bridgehead atoms. The SMILES string of the molecule is COC(=O)C(C)CN(CC1CCCO1)C(=O)c1ccc([N+](=O)[O-])cc1. The van der Waals surface area contributed by atoms with Gasteiger partial charge in [-0.2, -0.15) is 0 Å². The summed E-state index contributed by atoms with van der Waals surface area (Å²) in [6.07, 6.45) is 1.74. The molecule has 1 aliphatic rings. The highest BCUT2D eigenvalue weighted by Crippen LogP contribution is 2.18. The fourth-order valence-corrected chi connectivity index (χ4v) is 2.79. The van der Waals surface area contributed by atoms with Gasteiger partial charge < -0.3 is 14.4 Å². The Labute approximate surface area is 145 Å². The number of non-ortho nitro benzene ring substituents is 1. The fourth-order valence-electron chi connectivity index (χ4n) is 2.79. The maximum Gasteiger partial charge on any atom is 0.310 e. The lowest BCUT2D eigenvalue weighted by molar-refractivity contribution is -0.384. The molecule has 0 spiro atoms. The molecule has 0 aromatic heterocycles. The molecule has 1 saturated heterocycles. The van der Waals surface area contributed by atoms with E-state index in [4.69, 9.17) is 9.47 Å². The molecule has 0 radical (unpaired) electrons. The molecule has 136 valence electrons. The molecule has 1 heterocycles. The van der Waals surface area contributed by atoms with Crippen molar-refractivity contribution < 1.29 is 24.0 Å². The van der Waals surface area contributed by atoms with Gasteiger partial charge in [-0.15, -0.1) is 0 Å². The number of amides is 1. The third kappa shape index (κ3) is 4.99. The van der Waals surface area contributed by atoms with Crippen LogP contribution in [0.4, 0.5) is 5.69 Å². The highest BCUT2D eigenvalue weighted by Gasteiger charge is 2.27. The molecule has 1 aromatic carbocycles. The molecule has 0 saturated carbocycles. The second-order valence-electron chi connectivity index (χ2n) is 6.07. The van der Waals surface area contributed by atoms with Crippen molar-refractivity contribution in [2.75, 3.05) is 26.8 Å². The number of esters is 1. The number of ether oxygens (including phenoxy) is 2. The van der Waals surface area contributed by atoms with Crippen LogP contribution in [0.5, 0.6) is 0 Å². The normalized spacial score (nSPS) is 17.8. The maximum absolute atomic E-state index is 12.8. The summed E-state index contributed by atoms with van der Waals surface area (Å²) >= 11 is 0. The van der Waals surface area contributed by atoms with E-state index < -0.39 is 16.8 Å². The van der Waals surface area contributed by atoms with Gasteiger partial charge in [0.25, 0.3) is 11.6 Å². The lowest BCUT2D eigenvalue weighted by atomic mass is 10.1. The first kappa shape index (κ1) is 18.9. The highest BCUT2D eigenvalue weighted by atomic mass is 16.6. The zero-order valence-corrected chi connectivity index (χ0v) is 14.3. The Hall–Kier alpha value is -2.48. The summed E-state index contributed by atoms with van der Waals surface area (Å²) in [6, 6.07) is 5.43. The second-order valence-corrected chi connectivity index (χ2v) is 6.07. The number of nitro benzene ring substituents is 1. The minimum Gasteiger partial charge on any atom is -0.469 e. The van der Waals surface area contributed by atoms with Crippen LogP contribution in [-0.4, -0.2) is 54.6 Å². The Morgan fingerprint density at radius 1 is 1.40 bits per heavy atom. The number of carbonyl (C=O) groups excluding carboxylic acids is 2. The first-order valence-corrected chi connectivity index (χ1v) is 8.15. The van der Waals surface area contributed by atoms with Gasteiger partial charge in [0.1, 0.15) is 0 Å². The van der Waals surface area contributed by atoms with Crippen molar-refractivity contribution in [1.29, 1.82) is 0 Å².